The lowest BCUT2D eigenvalue weighted by Crippen LogP contribution is -1.83. The van der Waals surface area contributed by atoms with Crippen LogP contribution in [0.1, 0.15) is 0 Å². The number of hydrogen-bond donors (Lipinski definition) is 0. The summed E-state index contributed by atoms with van der Waals surface area (Å²) >= 11 is 0. The van der Waals surface area contributed by atoms with E-state index in [2.05, 4.69) is 60.7 Å². The van der Waals surface area contributed by atoms with Crippen molar-refractivity contribution < 1.29 is 0 Å². The second kappa shape index (κ2) is 4.78. The lowest BCUT2D eigenvalue weighted by Gasteiger charge is -2.05. The van der Waals surface area contributed by atoms with Gasteiger partial charge in [-0.15, -0.1) is 24.0 Å². The minimum absolute atomic E-state index is 0. The van der Waals surface area contributed by atoms with Crippen molar-refractivity contribution in [3.05, 3.63) is 66.7 Å². The predicted octanol–water partition coefficient (Wildman–Crippen LogP) is 5.16. The Balaban J connectivity index is 0.00000110. The third kappa shape index (κ3) is 1.96. The van der Waals surface area contributed by atoms with Gasteiger partial charge in [-0.1, -0.05) is 48.5 Å². The van der Waals surface area contributed by atoms with Crippen LogP contribution in [0.5, 0.6) is 0 Å². The van der Waals surface area contributed by atoms with Gasteiger partial charge in [0.15, 0.2) is 0 Å². The molecule has 2 heteroatoms. The summed E-state index contributed by atoms with van der Waals surface area (Å²) in [5, 5.41) is 4.96. The Morgan fingerprint density at radius 2 is 1.32 bits per heavy atom. The monoisotopic (exact) mass is 357 g/mol. The van der Waals surface area contributed by atoms with E-state index < -0.39 is 0 Å². The molecule has 4 aromatic rings. The second-order valence-electron chi connectivity index (χ2n) is 4.53. The molecule has 92 valence electrons. The Morgan fingerprint density at radius 1 is 0.579 bits per heavy atom. The van der Waals surface area contributed by atoms with Crippen molar-refractivity contribution in [1.29, 1.82) is 0 Å². The number of nitrogens with zero attached hydrogens (tertiary/aromatic N) is 1. The van der Waals surface area contributed by atoms with Crippen LogP contribution in [0.3, 0.4) is 0 Å². The van der Waals surface area contributed by atoms with E-state index >= 15 is 0 Å². The minimum atomic E-state index is 0. The summed E-state index contributed by atoms with van der Waals surface area (Å²) in [4.78, 5) is 4.73. The Hall–Kier alpha value is -1.68. The molecule has 0 saturated heterocycles. The number of halogens is 1. The molecule has 0 unspecified atom stereocenters. The van der Waals surface area contributed by atoms with Gasteiger partial charge in [0.05, 0.1) is 11.0 Å². The maximum absolute atomic E-state index is 4.73. The standard InChI is InChI=1S/C17H11N.HI/c1-3-7-14-12(5-1)9-10-17-15(14)11-13-6-2-4-8-16(13)18-17;/h1-11H;1H. The highest BCUT2D eigenvalue weighted by molar-refractivity contribution is 14.0. The number of hydrogen-bond acceptors (Lipinski definition) is 1. The van der Waals surface area contributed by atoms with Gasteiger partial charge < -0.3 is 0 Å². The van der Waals surface area contributed by atoms with Gasteiger partial charge in [-0.2, -0.15) is 0 Å². The zero-order chi connectivity index (χ0) is 11.9. The van der Waals surface area contributed by atoms with E-state index in [0.717, 1.165) is 11.0 Å². The van der Waals surface area contributed by atoms with Gasteiger partial charge in [-0.3, -0.25) is 0 Å². The molecule has 0 atom stereocenters. The smallest absolute Gasteiger partial charge is 0.0716 e. The third-order valence-electron chi connectivity index (χ3n) is 3.43. The first-order valence-corrected chi connectivity index (χ1v) is 6.09. The van der Waals surface area contributed by atoms with Crippen LogP contribution in [0.25, 0.3) is 32.6 Å². The molecule has 1 aromatic heterocycles. The SMILES string of the molecule is I.c1ccc2nc3ccc4ccccc4c3cc2c1. The van der Waals surface area contributed by atoms with E-state index in [4.69, 9.17) is 4.98 Å². The molecule has 4 rings (SSSR count). The van der Waals surface area contributed by atoms with Crippen LogP contribution in [0.15, 0.2) is 66.7 Å². The van der Waals surface area contributed by atoms with Crippen LogP contribution in [0, 0.1) is 0 Å². The molecule has 0 amide bonds. The van der Waals surface area contributed by atoms with Gasteiger partial charge in [0.25, 0.3) is 0 Å². The van der Waals surface area contributed by atoms with Crippen molar-refractivity contribution in [3.63, 3.8) is 0 Å². The van der Waals surface area contributed by atoms with Crippen molar-refractivity contribution in [1.82, 2.24) is 4.98 Å². The Bertz CT molecular complexity index is 877. The lowest BCUT2D eigenvalue weighted by atomic mass is 10.0. The summed E-state index contributed by atoms with van der Waals surface area (Å²) in [6.45, 7) is 0. The van der Waals surface area contributed by atoms with Crippen LogP contribution in [0.2, 0.25) is 0 Å². The van der Waals surface area contributed by atoms with Crippen LogP contribution < -0.4 is 0 Å². The van der Waals surface area contributed by atoms with E-state index in [1.807, 2.05) is 6.07 Å². The van der Waals surface area contributed by atoms with Gasteiger partial charge in [-0.05, 0) is 29.0 Å². The summed E-state index contributed by atoms with van der Waals surface area (Å²) in [5.41, 5.74) is 2.12. The van der Waals surface area contributed by atoms with E-state index in [1.54, 1.807) is 0 Å². The van der Waals surface area contributed by atoms with Gasteiger partial charge in [0, 0.05) is 10.8 Å². The molecular formula is C17H12IN. The highest BCUT2D eigenvalue weighted by Crippen LogP contribution is 2.26. The second-order valence-corrected chi connectivity index (χ2v) is 4.53. The number of pyridine rings is 1. The van der Waals surface area contributed by atoms with Crippen LogP contribution in [-0.4, -0.2) is 4.98 Å². The summed E-state index contributed by atoms with van der Waals surface area (Å²) < 4.78 is 0. The molecule has 1 nitrogen and oxygen atoms in total. The maximum Gasteiger partial charge on any atom is 0.0716 e. The number of aromatic nitrogens is 1. The molecule has 0 spiro atoms. The van der Waals surface area contributed by atoms with Crippen LogP contribution >= 0.6 is 24.0 Å². The first-order chi connectivity index (χ1) is 8.92. The Kier molecular flexibility index (Phi) is 3.11. The van der Waals surface area contributed by atoms with Crippen molar-refractivity contribution in [2.75, 3.05) is 0 Å². The molecule has 0 aliphatic heterocycles. The maximum atomic E-state index is 4.73. The average Bonchev–Trinajstić information content (AvgIpc) is 2.45. The molecule has 0 aliphatic rings. The van der Waals surface area contributed by atoms with E-state index in [9.17, 15) is 0 Å². The molecule has 0 saturated carbocycles. The van der Waals surface area contributed by atoms with Gasteiger partial charge in [0.1, 0.15) is 0 Å². The first kappa shape index (κ1) is 12.4. The zero-order valence-electron chi connectivity index (χ0n) is 10.2. The van der Waals surface area contributed by atoms with Gasteiger partial charge in [0.2, 0.25) is 0 Å². The molecule has 1 heterocycles. The fourth-order valence-corrected chi connectivity index (χ4v) is 2.53. The highest BCUT2D eigenvalue weighted by Gasteiger charge is 2.02. The van der Waals surface area contributed by atoms with E-state index in [0.29, 0.717) is 0 Å². The molecule has 0 aliphatic carbocycles. The minimum Gasteiger partial charge on any atom is -0.248 e. The number of para-hydroxylation sites is 1. The van der Waals surface area contributed by atoms with Gasteiger partial charge >= 0.3 is 0 Å². The first-order valence-electron chi connectivity index (χ1n) is 6.09. The summed E-state index contributed by atoms with van der Waals surface area (Å²) in [6, 6.07) is 23.2. The van der Waals surface area contributed by atoms with Crippen molar-refractivity contribution in [2.24, 2.45) is 0 Å². The fraction of sp³-hybridized carbons (Fsp3) is 0. The predicted molar refractivity (Wildman–Crippen MR) is 92.2 cm³/mol. The van der Waals surface area contributed by atoms with E-state index in [-0.39, 0.29) is 24.0 Å². The van der Waals surface area contributed by atoms with E-state index in [1.165, 1.54) is 21.5 Å². The van der Waals surface area contributed by atoms with Crippen LogP contribution in [-0.2, 0) is 0 Å². The number of rotatable bonds is 0. The van der Waals surface area contributed by atoms with Crippen molar-refractivity contribution >= 4 is 56.6 Å². The Labute approximate surface area is 128 Å². The number of benzene rings is 3. The third-order valence-corrected chi connectivity index (χ3v) is 3.43. The number of fused-ring (bicyclic) bond motifs is 4. The average molecular weight is 357 g/mol. The summed E-state index contributed by atoms with van der Waals surface area (Å²) in [5.74, 6) is 0. The largest absolute Gasteiger partial charge is 0.248 e. The molecule has 0 N–H and O–H groups in total. The molecule has 0 radical (unpaired) electrons. The summed E-state index contributed by atoms with van der Waals surface area (Å²) in [7, 11) is 0. The van der Waals surface area contributed by atoms with Crippen molar-refractivity contribution in [3.8, 4) is 0 Å². The lowest BCUT2D eigenvalue weighted by molar-refractivity contribution is 1.51. The molecule has 0 bridgehead atoms. The fourth-order valence-electron chi connectivity index (χ4n) is 2.53. The molecule has 0 fully saturated rings. The Morgan fingerprint density at radius 3 is 2.21 bits per heavy atom. The zero-order valence-corrected chi connectivity index (χ0v) is 12.5. The van der Waals surface area contributed by atoms with Crippen molar-refractivity contribution in [2.45, 2.75) is 0 Å². The quantitative estimate of drug-likeness (QED) is 0.241. The molecule has 3 aromatic carbocycles. The molecular weight excluding hydrogens is 345 g/mol. The molecule has 19 heavy (non-hydrogen) atoms. The van der Waals surface area contributed by atoms with Gasteiger partial charge in [-0.25, -0.2) is 4.98 Å². The van der Waals surface area contributed by atoms with Crippen LogP contribution in [0.4, 0.5) is 0 Å². The highest BCUT2D eigenvalue weighted by atomic mass is 127. The topological polar surface area (TPSA) is 12.9 Å². The normalized spacial score (nSPS) is 10.7. The summed E-state index contributed by atoms with van der Waals surface area (Å²) in [6.07, 6.45) is 0.